The van der Waals surface area contributed by atoms with E-state index in [1.54, 1.807) is 4.57 Å². The summed E-state index contributed by atoms with van der Waals surface area (Å²) in [5.41, 5.74) is 2.11. The van der Waals surface area contributed by atoms with Crippen LogP contribution in [0.2, 0.25) is 5.28 Å². The minimum atomic E-state index is -1.08. The smallest absolute Gasteiger partial charge is 0.303 e. The monoisotopic (exact) mass is 571 g/mol. The van der Waals surface area contributed by atoms with Gasteiger partial charge in [-0.3, -0.25) is 19.0 Å². The molecule has 3 aromatic rings. The third-order valence-electron chi connectivity index (χ3n) is 6.98. The normalized spacial score (nSPS) is 24.6. The Hall–Kier alpha value is -3.77. The molecule has 2 fully saturated rings. The number of piperidine rings is 1. The number of carbonyl (C=O) groups is 3. The minimum Gasteiger partial charge on any atom is -0.463 e. The van der Waals surface area contributed by atoms with E-state index in [1.807, 2.05) is 18.2 Å². The third-order valence-corrected chi connectivity index (χ3v) is 7.15. The van der Waals surface area contributed by atoms with E-state index in [1.165, 1.54) is 32.7 Å². The molecule has 2 aromatic heterocycles. The van der Waals surface area contributed by atoms with Crippen LogP contribution in [0.25, 0.3) is 11.2 Å². The van der Waals surface area contributed by atoms with E-state index in [2.05, 4.69) is 32.0 Å². The summed E-state index contributed by atoms with van der Waals surface area (Å²) >= 11 is 6.42. The van der Waals surface area contributed by atoms with Crippen molar-refractivity contribution in [1.82, 2.24) is 19.5 Å². The maximum atomic E-state index is 12.1. The Kier molecular flexibility index (Phi) is 8.17. The number of rotatable bonds is 7. The summed E-state index contributed by atoms with van der Waals surface area (Å²) in [7, 11) is 0. The van der Waals surface area contributed by atoms with E-state index in [-0.39, 0.29) is 11.9 Å². The van der Waals surface area contributed by atoms with Gasteiger partial charge in [0, 0.05) is 39.8 Å². The SMILES string of the molecule is CC(=O)OC[C@H]1O[C@@H](n2cnc3c(N4CCCC(c5ccccc5)C4)nc(Cl)nc32)C(OC(C)=O)C1OC(C)=O. The van der Waals surface area contributed by atoms with Gasteiger partial charge in [0.25, 0.3) is 0 Å². The number of halogens is 1. The maximum absolute atomic E-state index is 12.1. The predicted octanol–water partition coefficient (Wildman–Crippen LogP) is 3.19. The number of fused-ring (bicyclic) bond motifs is 1. The second kappa shape index (κ2) is 11.8. The topological polar surface area (TPSA) is 135 Å². The summed E-state index contributed by atoms with van der Waals surface area (Å²) in [5.74, 6) is -0.851. The molecule has 2 saturated heterocycles. The number of esters is 3. The number of hydrogen-bond acceptors (Lipinski definition) is 11. The molecule has 0 N–H and O–H groups in total. The molecule has 5 rings (SSSR count). The molecule has 0 radical (unpaired) electrons. The molecule has 1 aromatic carbocycles. The Morgan fingerprint density at radius 2 is 1.75 bits per heavy atom. The van der Waals surface area contributed by atoms with Crippen molar-refractivity contribution in [2.45, 2.75) is 64.1 Å². The van der Waals surface area contributed by atoms with Crippen molar-refractivity contribution < 1.29 is 33.3 Å². The fourth-order valence-electron chi connectivity index (χ4n) is 5.37. The highest BCUT2D eigenvalue weighted by Gasteiger charge is 2.51. The van der Waals surface area contributed by atoms with E-state index in [0.717, 1.165) is 25.9 Å². The number of benzene rings is 1. The van der Waals surface area contributed by atoms with Gasteiger partial charge in [0.1, 0.15) is 12.7 Å². The van der Waals surface area contributed by atoms with Crippen LogP contribution in [-0.2, 0) is 33.3 Å². The number of ether oxygens (including phenoxy) is 4. The molecule has 212 valence electrons. The molecule has 0 spiro atoms. The van der Waals surface area contributed by atoms with Crippen LogP contribution in [0.4, 0.5) is 5.82 Å². The molecule has 13 heteroatoms. The van der Waals surface area contributed by atoms with Crippen molar-refractivity contribution >= 4 is 46.5 Å². The average molecular weight is 572 g/mol. The van der Waals surface area contributed by atoms with Crippen LogP contribution in [0.15, 0.2) is 36.7 Å². The highest BCUT2D eigenvalue weighted by molar-refractivity contribution is 6.28. The van der Waals surface area contributed by atoms with Gasteiger partial charge in [-0.1, -0.05) is 30.3 Å². The van der Waals surface area contributed by atoms with Crippen LogP contribution in [0.5, 0.6) is 0 Å². The van der Waals surface area contributed by atoms with Gasteiger partial charge in [0.15, 0.2) is 35.4 Å². The van der Waals surface area contributed by atoms with Gasteiger partial charge in [-0.2, -0.15) is 9.97 Å². The molecule has 12 nitrogen and oxygen atoms in total. The van der Waals surface area contributed by atoms with Crippen LogP contribution >= 0.6 is 11.6 Å². The number of hydrogen-bond donors (Lipinski definition) is 0. The zero-order chi connectivity index (χ0) is 28.4. The lowest BCUT2D eigenvalue weighted by atomic mass is 9.91. The molecule has 0 saturated carbocycles. The van der Waals surface area contributed by atoms with Gasteiger partial charge in [0.05, 0.1) is 6.33 Å². The number of nitrogens with zero attached hydrogens (tertiary/aromatic N) is 5. The first kappa shape index (κ1) is 27.8. The zero-order valence-electron chi connectivity index (χ0n) is 22.4. The lowest BCUT2D eigenvalue weighted by Gasteiger charge is -2.34. The maximum Gasteiger partial charge on any atom is 0.303 e. The van der Waals surface area contributed by atoms with Crippen molar-refractivity contribution in [3.05, 3.63) is 47.5 Å². The Morgan fingerprint density at radius 3 is 2.45 bits per heavy atom. The van der Waals surface area contributed by atoms with Crippen LogP contribution in [0.3, 0.4) is 0 Å². The van der Waals surface area contributed by atoms with Crippen molar-refractivity contribution in [2.75, 3.05) is 24.6 Å². The molecular weight excluding hydrogens is 542 g/mol. The van der Waals surface area contributed by atoms with E-state index in [4.69, 9.17) is 30.5 Å². The summed E-state index contributed by atoms with van der Waals surface area (Å²) in [6, 6.07) is 10.3. The molecule has 4 heterocycles. The highest BCUT2D eigenvalue weighted by Crippen LogP contribution is 2.38. The fourth-order valence-corrected chi connectivity index (χ4v) is 5.53. The van der Waals surface area contributed by atoms with Gasteiger partial charge in [-0.25, -0.2) is 4.98 Å². The molecule has 2 aliphatic heterocycles. The molecule has 2 aliphatic rings. The Bertz CT molecular complexity index is 1400. The number of carbonyl (C=O) groups excluding carboxylic acids is 3. The van der Waals surface area contributed by atoms with Crippen LogP contribution in [0.1, 0.15) is 51.3 Å². The van der Waals surface area contributed by atoms with Crippen LogP contribution in [-0.4, -0.2) is 75.4 Å². The van der Waals surface area contributed by atoms with Crippen molar-refractivity contribution in [2.24, 2.45) is 0 Å². The summed E-state index contributed by atoms with van der Waals surface area (Å²) in [5, 5.41) is 0.0149. The first-order valence-corrected chi connectivity index (χ1v) is 13.4. The lowest BCUT2D eigenvalue weighted by Crippen LogP contribution is -2.40. The van der Waals surface area contributed by atoms with E-state index < -0.39 is 42.4 Å². The molecule has 40 heavy (non-hydrogen) atoms. The molecule has 0 bridgehead atoms. The third kappa shape index (κ3) is 5.87. The van der Waals surface area contributed by atoms with E-state index in [0.29, 0.717) is 22.9 Å². The number of aromatic nitrogens is 4. The largest absolute Gasteiger partial charge is 0.463 e. The summed E-state index contributed by atoms with van der Waals surface area (Å²) in [6.07, 6.45) is -0.523. The standard InChI is InChI=1S/C27H30ClN5O7/c1-15(34)37-13-20-22(38-16(2)35)23(39-17(3)36)26(40-20)33-14-29-21-24(30-27(28)31-25(21)33)32-11-7-10-19(12-32)18-8-5-4-6-9-18/h4-6,8-9,14,19-20,22-23,26H,7,10-13H2,1-3H3/t19?,20-,22?,23?,26-/m1/s1. The number of anilines is 1. The molecule has 5 atom stereocenters. The van der Waals surface area contributed by atoms with Crippen molar-refractivity contribution in [3.63, 3.8) is 0 Å². The summed E-state index contributed by atoms with van der Waals surface area (Å²) in [6.45, 7) is 5.01. The van der Waals surface area contributed by atoms with Crippen LogP contribution in [0, 0.1) is 0 Å². The minimum absolute atomic E-state index is 0.0149. The van der Waals surface area contributed by atoms with Gasteiger partial charge < -0.3 is 23.8 Å². The summed E-state index contributed by atoms with van der Waals surface area (Å²) < 4.78 is 23.9. The highest BCUT2D eigenvalue weighted by atomic mass is 35.5. The molecule has 0 amide bonds. The molecule has 0 aliphatic carbocycles. The fraction of sp³-hybridized carbons (Fsp3) is 0.481. The average Bonchev–Trinajstić information content (AvgIpc) is 3.48. The van der Waals surface area contributed by atoms with Crippen LogP contribution < -0.4 is 4.90 Å². The Labute approximate surface area is 235 Å². The molecule has 3 unspecified atom stereocenters. The van der Waals surface area contributed by atoms with Crippen molar-refractivity contribution in [1.29, 1.82) is 0 Å². The number of imidazole rings is 1. The van der Waals surface area contributed by atoms with Gasteiger partial charge in [-0.15, -0.1) is 0 Å². The second-order valence-corrected chi connectivity index (χ2v) is 10.2. The van der Waals surface area contributed by atoms with Gasteiger partial charge >= 0.3 is 17.9 Å². The first-order valence-electron chi connectivity index (χ1n) is 13.0. The Morgan fingerprint density at radius 1 is 1.02 bits per heavy atom. The Balaban J connectivity index is 1.51. The quantitative estimate of drug-likeness (QED) is 0.235. The second-order valence-electron chi connectivity index (χ2n) is 9.85. The van der Waals surface area contributed by atoms with Gasteiger partial charge in [0.2, 0.25) is 5.28 Å². The zero-order valence-corrected chi connectivity index (χ0v) is 23.1. The molecular formula is C27H30ClN5O7. The van der Waals surface area contributed by atoms with Gasteiger partial charge in [-0.05, 0) is 30.0 Å². The predicted molar refractivity (Wildman–Crippen MR) is 143 cm³/mol. The van der Waals surface area contributed by atoms with Crippen molar-refractivity contribution in [3.8, 4) is 0 Å². The summed E-state index contributed by atoms with van der Waals surface area (Å²) in [4.78, 5) is 51.2. The first-order chi connectivity index (χ1) is 19.2. The van der Waals surface area contributed by atoms with E-state index >= 15 is 0 Å². The van der Waals surface area contributed by atoms with E-state index in [9.17, 15) is 14.4 Å². The lowest BCUT2D eigenvalue weighted by molar-refractivity contribution is -0.166.